The molecule has 9 heteroatoms. The monoisotopic (exact) mass is 344 g/mol. The summed E-state index contributed by atoms with van der Waals surface area (Å²) in [5.74, 6) is -0.0764. The van der Waals surface area contributed by atoms with E-state index in [1.165, 1.54) is 18.2 Å². The fourth-order valence-corrected chi connectivity index (χ4v) is 4.62. The summed E-state index contributed by atoms with van der Waals surface area (Å²) in [5.41, 5.74) is 0. The molecule has 1 aromatic carbocycles. The Kier molecular flexibility index (Phi) is 4.02. The van der Waals surface area contributed by atoms with Crippen LogP contribution in [-0.2, 0) is 18.9 Å². The maximum Gasteiger partial charge on any atom is 0.265 e. The van der Waals surface area contributed by atoms with Crippen molar-refractivity contribution in [1.29, 1.82) is 0 Å². The highest BCUT2D eigenvalue weighted by atomic mass is 35.7. The third kappa shape index (κ3) is 3.75. The van der Waals surface area contributed by atoms with Crippen LogP contribution >= 0.6 is 22.3 Å². The van der Waals surface area contributed by atoms with E-state index in [0.717, 1.165) is 0 Å². The first kappa shape index (κ1) is 14.9. The lowest BCUT2D eigenvalue weighted by atomic mass is 10.3. The summed E-state index contributed by atoms with van der Waals surface area (Å²) < 4.78 is 50.9. The zero-order valence-corrected chi connectivity index (χ0v) is 12.7. The predicted molar refractivity (Wildman–Crippen MR) is 72.2 cm³/mol. The van der Waals surface area contributed by atoms with Gasteiger partial charge in [-0.05, 0) is 24.6 Å². The summed E-state index contributed by atoms with van der Waals surface area (Å²) in [7, 11) is -1.83. The molecule has 1 aromatic rings. The van der Waals surface area contributed by atoms with Gasteiger partial charge in [0.1, 0.15) is 16.7 Å². The van der Waals surface area contributed by atoms with E-state index in [4.69, 9.17) is 27.0 Å². The molecule has 1 aliphatic heterocycles. The van der Waals surface area contributed by atoms with Crippen LogP contribution in [0.25, 0.3) is 0 Å². The number of rotatable bonds is 3. The summed E-state index contributed by atoms with van der Waals surface area (Å²) in [6, 6.07) is 3.98. The molecule has 0 N–H and O–H groups in total. The van der Waals surface area contributed by atoms with Crippen LogP contribution in [0.5, 0.6) is 5.75 Å². The second-order valence-electron chi connectivity index (χ2n) is 4.17. The van der Waals surface area contributed by atoms with Crippen molar-refractivity contribution < 1.29 is 21.6 Å². The van der Waals surface area contributed by atoms with E-state index in [-0.39, 0.29) is 27.2 Å². The molecule has 1 heterocycles. The van der Waals surface area contributed by atoms with Gasteiger partial charge in [-0.3, -0.25) is 0 Å². The lowest BCUT2D eigenvalue weighted by Crippen LogP contribution is -2.18. The van der Waals surface area contributed by atoms with Gasteiger partial charge >= 0.3 is 0 Å². The molecule has 1 atom stereocenters. The maximum absolute atomic E-state index is 11.4. The van der Waals surface area contributed by atoms with Crippen LogP contribution in [0.1, 0.15) is 6.42 Å². The van der Waals surface area contributed by atoms with E-state index < -0.39 is 25.0 Å². The van der Waals surface area contributed by atoms with Crippen LogP contribution in [0.2, 0.25) is 5.02 Å². The van der Waals surface area contributed by atoms with E-state index in [1.807, 2.05) is 0 Å². The first-order valence-corrected chi connectivity index (χ1v) is 9.79. The third-order valence-electron chi connectivity index (χ3n) is 2.65. The van der Waals surface area contributed by atoms with Gasteiger partial charge in [0, 0.05) is 15.7 Å². The van der Waals surface area contributed by atoms with E-state index in [2.05, 4.69) is 0 Å². The Morgan fingerprint density at radius 2 is 2.00 bits per heavy atom. The quantitative estimate of drug-likeness (QED) is 0.781. The molecule has 1 unspecified atom stereocenters. The van der Waals surface area contributed by atoms with Crippen molar-refractivity contribution in [1.82, 2.24) is 0 Å². The Balaban J connectivity index is 2.31. The van der Waals surface area contributed by atoms with E-state index in [1.54, 1.807) is 0 Å². The molecule has 106 valence electrons. The van der Waals surface area contributed by atoms with Crippen molar-refractivity contribution in [3.63, 3.8) is 0 Å². The minimum atomic E-state index is -4.01. The van der Waals surface area contributed by atoms with Crippen molar-refractivity contribution in [2.24, 2.45) is 0 Å². The summed E-state index contributed by atoms with van der Waals surface area (Å²) in [6.07, 6.45) is -0.240. The molecule has 19 heavy (non-hydrogen) atoms. The Bertz CT molecular complexity index is 697. The van der Waals surface area contributed by atoms with Crippen LogP contribution in [0.3, 0.4) is 0 Å². The van der Waals surface area contributed by atoms with Crippen molar-refractivity contribution in [3.8, 4) is 5.75 Å². The molecular formula is C10H10Cl2O5S2. The molecule has 0 saturated carbocycles. The Labute approximate surface area is 120 Å². The third-order valence-corrected chi connectivity index (χ3v) is 5.97. The van der Waals surface area contributed by atoms with Gasteiger partial charge in [0.25, 0.3) is 9.05 Å². The fraction of sp³-hybridized carbons (Fsp3) is 0.400. The molecule has 0 aromatic heterocycles. The van der Waals surface area contributed by atoms with Gasteiger partial charge in [-0.15, -0.1) is 0 Å². The molecule has 0 radical (unpaired) electrons. The highest BCUT2D eigenvalue weighted by Crippen LogP contribution is 2.31. The fourth-order valence-electron chi connectivity index (χ4n) is 1.80. The maximum atomic E-state index is 11.4. The van der Waals surface area contributed by atoms with Gasteiger partial charge in [-0.1, -0.05) is 11.6 Å². The van der Waals surface area contributed by atoms with Crippen LogP contribution in [0.4, 0.5) is 0 Å². The van der Waals surface area contributed by atoms with Crippen LogP contribution < -0.4 is 4.74 Å². The highest BCUT2D eigenvalue weighted by Gasteiger charge is 2.30. The average Bonchev–Trinajstić information content (AvgIpc) is 2.59. The SMILES string of the molecule is O=S1(=O)CCC(Oc2ccc(Cl)cc2S(=O)(=O)Cl)C1. The van der Waals surface area contributed by atoms with Gasteiger partial charge in [0.05, 0.1) is 11.5 Å². The second-order valence-corrected chi connectivity index (χ2v) is 9.37. The molecule has 0 aliphatic carbocycles. The molecule has 1 saturated heterocycles. The van der Waals surface area contributed by atoms with Crippen molar-refractivity contribution in [2.45, 2.75) is 17.4 Å². The molecule has 2 rings (SSSR count). The molecular weight excluding hydrogens is 335 g/mol. The van der Waals surface area contributed by atoms with E-state index >= 15 is 0 Å². The van der Waals surface area contributed by atoms with Gasteiger partial charge in [0.2, 0.25) is 0 Å². The van der Waals surface area contributed by atoms with Crippen molar-refractivity contribution in [2.75, 3.05) is 11.5 Å². The van der Waals surface area contributed by atoms with Crippen LogP contribution in [0, 0.1) is 0 Å². The Morgan fingerprint density at radius 3 is 2.53 bits per heavy atom. The molecule has 1 aliphatic rings. The van der Waals surface area contributed by atoms with Crippen molar-refractivity contribution in [3.05, 3.63) is 23.2 Å². The van der Waals surface area contributed by atoms with Crippen LogP contribution in [-0.4, -0.2) is 34.4 Å². The van der Waals surface area contributed by atoms with Gasteiger partial charge in [-0.2, -0.15) is 0 Å². The predicted octanol–water partition coefficient (Wildman–Crippen LogP) is 1.83. The van der Waals surface area contributed by atoms with Crippen LogP contribution in [0.15, 0.2) is 23.1 Å². The number of hydrogen-bond donors (Lipinski definition) is 0. The van der Waals surface area contributed by atoms with Gasteiger partial charge in [0.15, 0.2) is 9.84 Å². The number of halogens is 2. The lowest BCUT2D eigenvalue weighted by molar-refractivity contribution is 0.223. The Morgan fingerprint density at radius 1 is 1.32 bits per heavy atom. The summed E-state index contributed by atoms with van der Waals surface area (Å²) in [6.45, 7) is 0. The minimum absolute atomic E-state index is 0.0153. The summed E-state index contributed by atoms with van der Waals surface area (Å²) >= 11 is 5.71. The molecule has 1 fully saturated rings. The lowest BCUT2D eigenvalue weighted by Gasteiger charge is -2.14. The second kappa shape index (κ2) is 5.12. The molecule has 0 spiro atoms. The number of hydrogen-bond acceptors (Lipinski definition) is 5. The first-order valence-electron chi connectivity index (χ1n) is 5.29. The molecule has 5 nitrogen and oxygen atoms in total. The first-order chi connectivity index (χ1) is 8.67. The largest absolute Gasteiger partial charge is 0.488 e. The zero-order chi connectivity index (χ0) is 14.3. The summed E-state index contributed by atoms with van der Waals surface area (Å²) in [5, 5.41) is 0.200. The Hall–Kier alpha value is -0.500. The smallest absolute Gasteiger partial charge is 0.265 e. The van der Waals surface area contributed by atoms with Gasteiger partial charge < -0.3 is 4.74 Å². The number of sulfone groups is 1. The van der Waals surface area contributed by atoms with Gasteiger partial charge in [-0.25, -0.2) is 16.8 Å². The number of benzene rings is 1. The molecule has 0 bridgehead atoms. The normalized spacial score (nSPS) is 22.3. The minimum Gasteiger partial charge on any atom is -0.488 e. The topological polar surface area (TPSA) is 77.5 Å². The highest BCUT2D eigenvalue weighted by molar-refractivity contribution is 8.13. The molecule has 0 amide bonds. The summed E-state index contributed by atoms with van der Waals surface area (Å²) in [4.78, 5) is -0.258. The van der Waals surface area contributed by atoms with Crippen molar-refractivity contribution >= 4 is 41.2 Å². The van der Waals surface area contributed by atoms with E-state index in [0.29, 0.717) is 6.42 Å². The standard InChI is InChI=1S/C10H10Cl2O5S2/c11-7-1-2-9(10(5-7)19(12,15)16)17-8-3-4-18(13,14)6-8/h1-2,5,8H,3-4,6H2. The number of ether oxygens (including phenoxy) is 1. The average molecular weight is 345 g/mol. The van der Waals surface area contributed by atoms with E-state index in [9.17, 15) is 16.8 Å². The zero-order valence-electron chi connectivity index (χ0n) is 9.54.